The Hall–Kier alpha value is -4.02. The molecule has 1 unspecified atom stereocenters. The number of aliphatic hydroxyl groups excluding tert-OH is 1. The van der Waals surface area contributed by atoms with Crippen LogP contribution >= 0.6 is 0 Å². The summed E-state index contributed by atoms with van der Waals surface area (Å²) in [6, 6.07) is 19.8. The van der Waals surface area contributed by atoms with Crippen LogP contribution in [0.5, 0.6) is 0 Å². The Kier molecular flexibility index (Phi) is 6.71. The van der Waals surface area contributed by atoms with Crippen molar-refractivity contribution in [3.63, 3.8) is 0 Å². The van der Waals surface area contributed by atoms with Crippen LogP contribution in [0.1, 0.15) is 35.1 Å². The van der Waals surface area contributed by atoms with Crippen LogP contribution in [0.3, 0.4) is 0 Å². The van der Waals surface area contributed by atoms with Crippen LogP contribution in [-0.4, -0.2) is 27.9 Å². The Morgan fingerprint density at radius 3 is 2.53 bits per heavy atom. The zero-order valence-electron chi connectivity index (χ0n) is 18.7. The third-order valence-corrected chi connectivity index (χ3v) is 6.00. The van der Waals surface area contributed by atoms with Crippen LogP contribution in [0.4, 0.5) is 10.1 Å². The molecule has 7 heteroatoms. The van der Waals surface area contributed by atoms with Gasteiger partial charge in [-0.2, -0.15) is 10.4 Å². The van der Waals surface area contributed by atoms with E-state index in [1.165, 1.54) is 6.07 Å². The van der Waals surface area contributed by atoms with Crippen molar-refractivity contribution in [1.29, 1.82) is 5.26 Å². The molecule has 0 aliphatic carbocycles. The molecule has 3 aromatic rings. The highest BCUT2D eigenvalue weighted by atomic mass is 19.1. The SMILES string of the molecule is Cc1cc(-c2cc(CO)ccc2F)ccc1Cc1ccc(N2N=C(C#N)CC2CC(=O)O)cc1. The minimum atomic E-state index is -0.928. The molecule has 1 heterocycles. The number of carbonyl (C=O) groups is 1. The molecule has 3 aromatic carbocycles. The zero-order chi connectivity index (χ0) is 24.2. The summed E-state index contributed by atoms with van der Waals surface area (Å²) in [5.74, 6) is -1.26. The van der Waals surface area contributed by atoms with E-state index in [1.807, 2.05) is 55.5 Å². The summed E-state index contributed by atoms with van der Waals surface area (Å²) in [7, 11) is 0. The number of aryl methyl sites for hydroxylation is 1. The third kappa shape index (κ3) is 4.98. The van der Waals surface area contributed by atoms with Gasteiger partial charge in [-0.1, -0.05) is 36.4 Å². The standard InChI is InChI=1S/C27H24FN3O3/c1-17-10-21(25-12-19(16-32)4-9-26(25)28)6-5-20(17)11-18-2-7-23(8-3-18)31-24(14-27(33)34)13-22(15-29)30-31/h2-10,12,24,32H,11,13-14,16H2,1H3,(H,33,34). The van der Waals surface area contributed by atoms with E-state index < -0.39 is 5.97 Å². The summed E-state index contributed by atoms with van der Waals surface area (Å²) in [4.78, 5) is 11.2. The Bertz CT molecular complexity index is 1300. The average Bonchev–Trinajstić information content (AvgIpc) is 3.23. The number of carboxylic acids is 1. The first kappa shape index (κ1) is 23.1. The molecule has 2 N–H and O–H groups in total. The van der Waals surface area contributed by atoms with Gasteiger partial charge < -0.3 is 10.2 Å². The molecule has 6 nitrogen and oxygen atoms in total. The largest absolute Gasteiger partial charge is 0.481 e. The fraction of sp³-hybridized carbons (Fsp3) is 0.222. The van der Waals surface area contributed by atoms with Gasteiger partial charge in [0.15, 0.2) is 0 Å². The van der Waals surface area contributed by atoms with Gasteiger partial charge >= 0.3 is 5.97 Å². The van der Waals surface area contributed by atoms with Gasteiger partial charge in [-0.25, -0.2) is 4.39 Å². The first-order valence-electron chi connectivity index (χ1n) is 10.9. The maximum Gasteiger partial charge on any atom is 0.305 e. The molecule has 1 atom stereocenters. The minimum Gasteiger partial charge on any atom is -0.481 e. The van der Waals surface area contributed by atoms with Crippen LogP contribution in [0.2, 0.25) is 0 Å². The maximum atomic E-state index is 14.3. The molecular formula is C27H24FN3O3. The molecule has 0 saturated carbocycles. The molecule has 0 fully saturated rings. The van der Waals surface area contributed by atoms with E-state index in [2.05, 4.69) is 5.10 Å². The number of nitriles is 1. The fourth-order valence-electron chi connectivity index (χ4n) is 4.20. The Morgan fingerprint density at radius 1 is 1.15 bits per heavy atom. The lowest BCUT2D eigenvalue weighted by molar-refractivity contribution is -0.137. The second kappa shape index (κ2) is 9.86. The predicted octanol–water partition coefficient (Wildman–Crippen LogP) is 4.82. The summed E-state index contributed by atoms with van der Waals surface area (Å²) >= 11 is 0. The number of anilines is 1. The second-order valence-electron chi connectivity index (χ2n) is 8.42. The quantitative estimate of drug-likeness (QED) is 0.530. The van der Waals surface area contributed by atoms with Crippen molar-refractivity contribution in [2.45, 2.75) is 38.8 Å². The number of aliphatic hydroxyl groups is 1. The van der Waals surface area contributed by atoms with Crippen molar-refractivity contribution >= 4 is 17.4 Å². The van der Waals surface area contributed by atoms with E-state index in [-0.39, 0.29) is 24.9 Å². The molecule has 0 aromatic heterocycles. The van der Waals surface area contributed by atoms with Crippen molar-refractivity contribution in [3.05, 3.63) is 88.7 Å². The van der Waals surface area contributed by atoms with Crippen molar-refractivity contribution in [3.8, 4) is 17.2 Å². The number of carboxylic acid groups (broad SMARTS) is 1. The molecular weight excluding hydrogens is 433 g/mol. The average molecular weight is 458 g/mol. The number of hydrazone groups is 1. The smallest absolute Gasteiger partial charge is 0.305 e. The lowest BCUT2D eigenvalue weighted by Crippen LogP contribution is -2.28. The fourth-order valence-corrected chi connectivity index (χ4v) is 4.20. The van der Waals surface area contributed by atoms with Gasteiger partial charge in [-0.05, 0) is 65.4 Å². The molecule has 0 bridgehead atoms. The first-order valence-corrected chi connectivity index (χ1v) is 10.9. The molecule has 0 amide bonds. The number of nitrogens with zero attached hydrogens (tertiary/aromatic N) is 3. The van der Waals surface area contributed by atoms with Gasteiger partial charge in [0.1, 0.15) is 17.6 Å². The Balaban J connectivity index is 1.52. The molecule has 1 aliphatic heterocycles. The predicted molar refractivity (Wildman–Crippen MR) is 128 cm³/mol. The summed E-state index contributed by atoms with van der Waals surface area (Å²) in [5, 5.41) is 33.6. The highest BCUT2D eigenvalue weighted by Gasteiger charge is 2.29. The maximum absolute atomic E-state index is 14.3. The van der Waals surface area contributed by atoms with Crippen molar-refractivity contribution in [1.82, 2.24) is 0 Å². The summed E-state index contributed by atoms with van der Waals surface area (Å²) in [5.41, 5.74) is 6.14. The van der Waals surface area contributed by atoms with E-state index in [4.69, 9.17) is 5.26 Å². The Morgan fingerprint density at radius 2 is 1.88 bits per heavy atom. The third-order valence-electron chi connectivity index (χ3n) is 6.00. The highest BCUT2D eigenvalue weighted by molar-refractivity contribution is 6.01. The molecule has 172 valence electrons. The van der Waals surface area contributed by atoms with Crippen LogP contribution in [0, 0.1) is 24.1 Å². The Labute approximate surface area is 197 Å². The zero-order valence-corrected chi connectivity index (χ0v) is 18.7. The summed E-state index contributed by atoms with van der Waals surface area (Å²) in [6.45, 7) is 1.85. The topological polar surface area (TPSA) is 96.9 Å². The van der Waals surface area contributed by atoms with E-state index in [1.54, 1.807) is 17.1 Å². The molecule has 0 spiro atoms. The van der Waals surface area contributed by atoms with Crippen LogP contribution in [-0.2, 0) is 17.8 Å². The normalized spacial score (nSPS) is 15.2. The van der Waals surface area contributed by atoms with Gasteiger partial charge in [0.05, 0.1) is 24.8 Å². The highest BCUT2D eigenvalue weighted by Crippen LogP contribution is 2.29. The summed E-state index contributed by atoms with van der Waals surface area (Å²) < 4.78 is 14.3. The number of halogens is 1. The van der Waals surface area contributed by atoms with E-state index in [0.29, 0.717) is 29.7 Å². The van der Waals surface area contributed by atoms with Crippen LogP contribution in [0.15, 0.2) is 65.8 Å². The number of hydrogen-bond acceptors (Lipinski definition) is 5. The van der Waals surface area contributed by atoms with Gasteiger partial charge in [0.25, 0.3) is 0 Å². The van der Waals surface area contributed by atoms with E-state index >= 15 is 0 Å². The number of benzene rings is 3. The van der Waals surface area contributed by atoms with Gasteiger partial charge in [0.2, 0.25) is 0 Å². The minimum absolute atomic E-state index is 0.0935. The number of aliphatic carboxylic acids is 1. The summed E-state index contributed by atoms with van der Waals surface area (Å²) in [6.07, 6.45) is 0.901. The van der Waals surface area contributed by atoms with Gasteiger partial charge in [-0.3, -0.25) is 9.80 Å². The van der Waals surface area contributed by atoms with Crippen LogP contribution in [0.25, 0.3) is 11.1 Å². The lowest BCUT2D eigenvalue weighted by atomic mass is 9.95. The van der Waals surface area contributed by atoms with Gasteiger partial charge in [0, 0.05) is 12.0 Å². The molecule has 0 saturated heterocycles. The van der Waals surface area contributed by atoms with Crippen LogP contribution < -0.4 is 5.01 Å². The monoisotopic (exact) mass is 457 g/mol. The van der Waals surface area contributed by atoms with Crippen molar-refractivity contribution in [2.24, 2.45) is 5.10 Å². The first-order chi connectivity index (χ1) is 16.4. The van der Waals surface area contributed by atoms with Crippen molar-refractivity contribution in [2.75, 3.05) is 5.01 Å². The molecule has 0 radical (unpaired) electrons. The molecule has 34 heavy (non-hydrogen) atoms. The molecule has 4 rings (SSSR count). The molecule has 1 aliphatic rings. The van der Waals surface area contributed by atoms with E-state index in [9.17, 15) is 19.4 Å². The second-order valence-corrected chi connectivity index (χ2v) is 8.42. The van der Waals surface area contributed by atoms with E-state index in [0.717, 1.165) is 27.9 Å². The number of rotatable bonds is 7. The number of hydrogen-bond donors (Lipinski definition) is 2. The van der Waals surface area contributed by atoms with Crippen molar-refractivity contribution < 1.29 is 19.4 Å². The van der Waals surface area contributed by atoms with Gasteiger partial charge in [-0.15, -0.1) is 0 Å². The lowest BCUT2D eigenvalue weighted by Gasteiger charge is -2.22.